The van der Waals surface area contributed by atoms with Crippen molar-refractivity contribution in [3.05, 3.63) is 76.6 Å². The number of halogens is 1. The van der Waals surface area contributed by atoms with Gasteiger partial charge in [0.05, 0.1) is 12.7 Å². The molecule has 2 aromatic carbocycles. The van der Waals surface area contributed by atoms with Crippen LogP contribution in [0.5, 0.6) is 5.75 Å². The normalized spacial score (nSPS) is 10.4. The summed E-state index contributed by atoms with van der Waals surface area (Å²) in [4.78, 5) is 20.7. The molecular formula is C21H21ClN4O2. The molecule has 0 aliphatic heterocycles. The van der Waals surface area contributed by atoms with Crippen molar-refractivity contribution >= 4 is 29.1 Å². The summed E-state index contributed by atoms with van der Waals surface area (Å²) >= 11 is 6.08. The van der Waals surface area contributed by atoms with Gasteiger partial charge in [0.2, 0.25) is 5.95 Å². The third kappa shape index (κ3) is 5.20. The molecule has 0 bridgehead atoms. The maximum absolute atomic E-state index is 12.3. The van der Waals surface area contributed by atoms with Crippen molar-refractivity contribution in [1.82, 2.24) is 9.97 Å². The van der Waals surface area contributed by atoms with Gasteiger partial charge in [-0.2, -0.15) is 0 Å². The van der Waals surface area contributed by atoms with Crippen LogP contribution in [0.4, 0.5) is 11.6 Å². The number of methoxy groups -OCH3 is 1. The molecule has 3 aromatic rings. The molecular weight excluding hydrogens is 376 g/mol. The molecule has 7 heteroatoms. The van der Waals surface area contributed by atoms with Gasteiger partial charge in [-0.3, -0.25) is 4.79 Å². The summed E-state index contributed by atoms with van der Waals surface area (Å²) in [6.07, 6.45) is 3.79. The number of rotatable bonds is 7. The summed E-state index contributed by atoms with van der Waals surface area (Å²) < 4.78 is 5.22. The highest BCUT2D eigenvalue weighted by Crippen LogP contribution is 2.20. The van der Waals surface area contributed by atoms with Gasteiger partial charge >= 0.3 is 0 Å². The van der Waals surface area contributed by atoms with E-state index < -0.39 is 0 Å². The van der Waals surface area contributed by atoms with Crippen LogP contribution >= 0.6 is 11.6 Å². The first kappa shape index (κ1) is 19.6. The Hall–Kier alpha value is -3.12. The smallest absolute Gasteiger partial charge is 0.258 e. The molecule has 0 saturated heterocycles. The van der Waals surface area contributed by atoms with E-state index in [9.17, 15) is 4.79 Å². The molecule has 0 saturated carbocycles. The van der Waals surface area contributed by atoms with Crippen LogP contribution in [0.15, 0.2) is 54.9 Å². The Morgan fingerprint density at radius 2 is 1.93 bits per heavy atom. The summed E-state index contributed by atoms with van der Waals surface area (Å²) in [6, 6.07) is 13.3. The lowest BCUT2D eigenvalue weighted by atomic mass is 10.1. The van der Waals surface area contributed by atoms with Gasteiger partial charge in [-0.05, 0) is 48.7 Å². The quantitative estimate of drug-likeness (QED) is 0.620. The fourth-order valence-corrected chi connectivity index (χ4v) is 2.74. The van der Waals surface area contributed by atoms with Gasteiger partial charge < -0.3 is 15.4 Å². The van der Waals surface area contributed by atoms with Gasteiger partial charge in [-0.15, -0.1) is 0 Å². The van der Waals surface area contributed by atoms with E-state index in [0.717, 1.165) is 23.3 Å². The zero-order valence-corrected chi connectivity index (χ0v) is 16.5. The minimum absolute atomic E-state index is 0.289. The zero-order chi connectivity index (χ0) is 19.9. The first-order chi connectivity index (χ1) is 13.5. The van der Waals surface area contributed by atoms with Gasteiger partial charge in [-0.1, -0.05) is 29.8 Å². The zero-order valence-electron chi connectivity index (χ0n) is 15.7. The molecule has 3 rings (SSSR count). The van der Waals surface area contributed by atoms with Crippen LogP contribution in [0.3, 0.4) is 0 Å². The second-order valence-corrected chi connectivity index (χ2v) is 6.65. The number of nitrogens with zero attached hydrogens (tertiary/aromatic N) is 2. The van der Waals surface area contributed by atoms with E-state index in [2.05, 4.69) is 20.6 Å². The summed E-state index contributed by atoms with van der Waals surface area (Å²) in [5.41, 5.74) is 3.10. The molecule has 28 heavy (non-hydrogen) atoms. The molecule has 0 spiro atoms. The Bertz CT molecular complexity index is 961. The first-order valence-electron chi connectivity index (χ1n) is 8.81. The predicted octanol–water partition coefficient (Wildman–Crippen LogP) is 4.35. The standard InChI is InChI=1S/C21H21ClN4O2/c1-14-6-7-17(11-19(14)22)26-20(27)16-12-24-21(25-13-16)23-9-8-15-4-3-5-18(10-15)28-2/h3-7,10-13H,8-9H2,1-2H3,(H,26,27)(H,23,24,25). The minimum atomic E-state index is -0.289. The second-order valence-electron chi connectivity index (χ2n) is 6.24. The third-order valence-corrected chi connectivity index (χ3v) is 4.58. The Kier molecular flexibility index (Phi) is 6.45. The molecule has 2 N–H and O–H groups in total. The Labute approximate surface area is 168 Å². The van der Waals surface area contributed by atoms with Gasteiger partial charge in [0.25, 0.3) is 5.91 Å². The van der Waals surface area contributed by atoms with E-state index in [1.807, 2.05) is 37.3 Å². The van der Waals surface area contributed by atoms with E-state index in [1.165, 1.54) is 12.4 Å². The van der Waals surface area contributed by atoms with E-state index >= 15 is 0 Å². The van der Waals surface area contributed by atoms with Crippen LogP contribution in [0, 0.1) is 6.92 Å². The third-order valence-electron chi connectivity index (χ3n) is 4.17. The summed E-state index contributed by atoms with van der Waals surface area (Å²) in [5.74, 6) is 1.01. The minimum Gasteiger partial charge on any atom is -0.497 e. The number of benzene rings is 2. The molecule has 0 radical (unpaired) electrons. The maximum atomic E-state index is 12.3. The lowest BCUT2D eigenvalue weighted by Crippen LogP contribution is -2.14. The number of aromatic nitrogens is 2. The number of hydrogen-bond donors (Lipinski definition) is 2. The van der Waals surface area contributed by atoms with Crippen molar-refractivity contribution < 1.29 is 9.53 Å². The number of ether oxygens (including phenoxy) is 1. The van der Waals surface area contributed by atoms with Crippen LogP contribution in [0.1, 0.15) is 21.5 Å². The van der Waals surface area contributed by atoms with Crippen molar-refractivity contribution in [1.29, 1.82) is 0 Å². The van der Waals surface area contributed by atoms with Crippen molar-refractivity contribution in [3.63, 3.8) is 0 Å². The van der Waals surface area contributed by atoms with Gasteiger partial charge in [0.15, 0.2) is 0 Å². The largest absolute Gasteiger partial charge is 0.497 e. The van der Waals surface area contributed by atoms with Gasteiger partial charge in [0.1, 0.15) is 5.75 Å². The van der Waals surface area contributed by atoms with E-state index in [4.69, 9.17) is 16.3 Å². The highest BCUT2D eigenvalue weighted by atomic mass is 35.5. The molecule has 1 heterocycles. The Morgan fingerprint density at radius 3 is 2.64 bits per heavy atom. The van der Waals surface area contributed by atoms with E-state index in [-0.39, 0.29) is 5.91 Å². The maximum Gasteiger partial charge on any atom is 0.258 e. The SMILES string of the molecule is COc1cccc(CCNc2ncc(C(=O)Nc3ccc(C)c(Cl)c3)cn2)c1. The van der Waals surface area contributed by atoms with Crippen molar-refractivity contribution in [2.45, 2.75) is 13.3 Å². The molecule has 0 unspecified atom stereocenters. The van der Waals surface area contributed by atoms with Crippen LogP contribution in [-0.4, -0.2) is 29.5 Å². The lowest BCUT2D eigenvalue weighted by Gasteiger charge is -2.08. The predicted molar refractivity (Wildman–Crippen MR) is 111 cm³/mol. The monoisotopic (exact) mass is 396 g/mol. The first-order valence-corrected chi connectivity index (χ1v) is 9.19. The molecule has 6 nitrogen and oxygen atoms in total. The molecule has 1 aromatic heterocycles. The fourth-order valence-electron chi connectivity index (χ4n) is 2.56. The molecule has 144 valence electrons. The highest BCUT2D eigenvalue weighted by molar-refractivity contribution is 6.31. The average molecular weight is 397 g/mol. The van der Waals surface area contributed by atoms with Crippen LogP contribution < -0.4 is 15.4 Å². The second kappa shape index (κ2) is 9.19. The van der Waals surface area contributed by atoms with Crippen LogP contribution in [-0.2, 0) is 6.42 Å². The Balaban J connectivity index is 1.53. The summed E-state index contributed by atoms with van der Waals surface area (Å²) in [5, 5.41) is 6.54. The number of nitrogens with one attached hydrogen (secondary N) is 2. The lowest BCUT2D eigenvalue weighted by molar-refractivity contribution is 0.102. The summed E-state index contributed by atoms with van der Waals surface area (Å²) in [6.45, 7) is 2.57. The topological polar surface area (TPSA) is 76.1 Å². The molecule has 1 amide bonds. The number of aryl methyl sites for hydroxylation is 1. The Morgan fingerprint density at radius 1 is 1.14 bits per heavy atom. The number of amides is 1. The highest BCUT2D eigenvalue weighted by Gasteiger charge is 2.09. The molecule has 0 aliphatic carbocycles. The average Bonchev–Trinajstić information content (AvgIpc) is 2.71. The number of carbonyl (C=O) groups excluding carboxylic acids is 1. The number of hydrogen-bond acceptors (Lipinski definition) is 5. The van der Waals surface area contributed by atoms with Crippen molar-refractivity contribution in [2.24, 2.45) is 0 Å². The molecule has 0 aliphatic rings. The van der Waals surface area contributed by atoms with E-state index in [1.54, 1.807) is 19.2 Å². The van der Waals surface area contributed by atoms with Crippen LogP contribution in [0.2, 0.25) is 5.02 Å². The van der Waals surface area contributed by atoms with Crippen molar-refractivity contribution in [3.8, 4) is 5.75 Å². The van der Waals surface area contributed by atoms with E-state index in [0.29, 0.717) is 28.8 Å². The molecule has 0 fully saturated rings. The number of anilines is 2. The van der Waals surface area contributed by atoms with Crippen molar-refractivity contribution in [2.75, 3.05) is 24.3 Å². The van der Waals surface area contributed by atoms with Gasteiger partial charge in [-0.25, -0.2) is 9.97 Å². The summed E-state index contributed by atoms with van der Waals surface area (Å²) in [7, 11) is 1.65. The molecule has 0 atom stereocenters. The fraction of sp³-hybridized carbons (Fsp3) is 0.190. The van der Waals surface area contributed by atoms with Crippen LogP contribution in [0.25, 0.3) is 0 Å². The number of carbonyl (C=O) groups is 1. The van der Waals surface area contributed by atoms with Gasteiger partial charge in [0, 0.05) is 29.6 Å².